The van der Waals surface area contributed by atoms with E-state index in [1.807, 2.05) is 12.1 Å². The first kappa shape index (κ1) is 23.5. The molecular formula is C26H21Cl2N3O3. The lowest BCUT2D eigenvalue weighted by Gasteiger charge is -2.16. The third kappa shape index (κ3) is 4.69. The second kappa shape index (κ2) is 9.71. The minimum Gasteiger partial charge on any atom is -0.350 e. The Labute approximate surface area is 207 Å². The monoisotopic (exact) mass is 493 g/mol. The summed E-state index contributed by atoms with van der Waals surface area (Å²) in [6, 6.07) is 20.6. The molecule has 3 amide bonds. The van der Waals surface area contributed by atoms with E-state index in [0.717, 1.165) is 10.5 Å². The summed E-state index contributed by atoms with van der Waals surface area (Å²) in [6.45, 7) is 4.12. The first-order valence-corrected chi connectivity index (χ1v) is 11.3. The smallest absolute Gasteiger partial charge is 0.283 e. The summed E-state index contributed by atoms with van der Waals surface area (Å²) >= 11 is 12.4. The fraction of sp³-hybridized carbons (Fsp3) is 0.115. The first-order chi connectivity index (χ1) is 16.3. The topological polar surface area (TPSA) is 78.5 Å². The van der Waals surface area contributed by atoms with Crippen LogP contribution < -0.4 is 15.5 Å². The molecule has 0 unspecified atom stereocenters. The van der Waals surface area contributed by atoms with Gasteiger partial charge in [-0.05, 0) is 53.9 Å². The lowest BCUT2D eigenvalue weighted by atomic mass is 10.0. The number of nitrogens with one attached hydrogen (secondary N) is 2. The highest BCUT2D eigenvalue weighted by Crippen LogP contribution is 2.31. The van der Waals surface area contributed by atoms with E-state index in [1.165, 1.54) is 0 Å². The molecule has 0 saturated carbocycles. The molecule has 4 rings (SSSR count). The highest BCUT2D eigenvalue weighted by Gasteiger charge is 2.39. The molecule has 2 N–H and O–H groups in total. The number of carbonyl (C=O) groups is 3. The van der Waals surface area contributed by atoms with Gasteiger partial charge in [0.05, 0.1) is 16.4 Å². The normalized spacial score (nSPS) is 13.6. The Balaban J connectivity index is 1.53. The first-order valence-electron chi connectivity index (χ1n) is 10.6. The highest BCUT2D eigenvalue weighted by molar-refractivity contribution is 6.53. The van der Waals surface area contributed by atoms with Crippen LogP contribution in [0.3, 0.4) is 0 Å². The van der Waals surface area contributed by atoms with Crippen molar-refractivity contribution in [1.29, 1.82) is 0 Å². The Morgan fingerprint density at radius 2 is 1.59 bits per heavy atom. The molecule has 1 aliphatic heterocycles. The van der Waals surface area contributed by atoms with Crippen molar-refractivity contribution < 1.29 is 14.4 Å². The molecule has 0 spiro atoms. The van der Waals surface area contributed by atoms with Gasteiger partial charge in [-0.25, -0.2) is 4.90 Å². The third-order valence-electron chi connectivity index (χ3n) is 5.36. The Morgan fingerprint density at radius 3 is 2.26 bits per heavy atom. The van der Waals surface area contributed by atoms with Crippen molar-refractivity contribution in [3.8, 4) is 0 Å². The van der Waals surface area contributed by atoms with Gasteiger partial charge in [0.2, 0.25) is 0 Å². The molecule has 3 aromatic rings. The lowest BCUT2D eigenvalue weighted by molar-refractivity contribution is -0.120. The molecule has 1 heterocycles. The predicted molar refractivity (Wildman–Crippen MR) is 135 cm³/mol. The quantitative estimate of drug-likeness (QED) is 0.403. The van der Waals surface area contributed by atoms with Crippen LogP contribution in [0.25, 0.3) is 0 Å². The van der Waals surface area contributed by atoms with Gasteiger partial charge in [-0.3, -0.25) is 14.4 Å². The summed E-state index contributed by atoms with van der Waals surface area (Å²) < 4.78 is 0. The molecule has 34 heavy (non-hydrogen) atoms. The maximum Gasteiger partial charge on any atom is 0.283 e. The number of amides is 3. The highest BCUT2D eigenvalue weighted by atomic mass is 35.5. The van der Waals surface area contributed by atoms with E-state index >= 15 is 0 Å². The van der Waals surface area contributed by atoms with E-state index in [0.29, 0.717) is 33.6 Å². The van der Waals surface area contributed by atoms with Gasteiger partial charge in [0.1, 0.15) is 10.7 Å². The largest absolute Gasteiger partial charge is 0.350 e. The molecule has 3 aromatic carbocycles. The molecule has 0 aliphatic carbocycles. The van der Waals surface area contributed by atoms with E-state index in [4.69, 9.17) is 23.2 Å². The molecule has 172 valence electrons. The molecule has 0 fully saturated rings. The average molecular weight is 494 g/mol. The maximum absolute atomic E-state index is 13.1. The van der Waals surface area contributed by atoms with Crippen molar-refractivity contribution in [1.82, 2.24) is 0 Å². The van der Waals surface area contributed by atoms with Crippen LogP contribution in [-0.2, 0) is 9.59 Å². The number of hydrogen-bond acceptors (Lipinski definition) is 4. The molecule has 8 heteroatoms. The van der Waals surface area contributed by atoms with E-state index in [1.54, 1.807) is 60.7 Å². The number of para-hydroxylation sites is 1. The number of benzene rings is 3. The number of imide groups is 1. The third-order valence-corrected chi connectivity index (χ3v) is 6.04. The van der Waals surface area contributed by atoms with Crippen LogP contribution >= 0.6 is 23.2 Å². The summed E-state index contributed by atoms with van der Waals surface area (Å²) in [5.41, 5.74) is 2.71. The average Bonchev–Trinajstić information content (AvgIpc) is 3.04. The summed E-state index contributed by atoms with van der Waals surface area (Å²) in [6.07, 6.45) is 0. The SMILES string of the molecule is CC(C)c1ccc(N2C(=O)C(Cl)=C(Nc3cccc(C(=O)Nc4ccccc4Cl)c3)C2=O)cc1. The van der Waals surface area contributed by atoms with Gasteiger partial charge < -0.3 is 10.6 Å². The van der Waals surface area contributed by atoms with Crippen LogP contribution in [0.1, 0.15) is 35.7 Å². The maximum atomic E-state index is 13.1. The van der Waals surface area contributed by atoms with Crippen LogP contribution in [0.15, 0.2) is 83.5 Å². The predicted octanol–water partition coefficient (Wildman–Crippen LogP) is 6.15. The second-order valence-electron chi connectivity index (χ2n) is 8.02. The van der Waals surface area contributed by atoms with Crippen LogP contribution in [0.4, 0.5) is 17.1 Å². The number of nitrogens with zero attached hydrogens (tertiary/aromatic N) is 1. The van der Waals surface area contributed by atoms with Crippen LogP contribution in [0, 0.1) is 0 Å². The molecule has 1 aliphatic rings. The Bertz CT molecular complexity index is 1320. The summed E-state index contributed by atoms with van der Waals surface area (Å²) in [7, 11) is 0. The molecule has 0 bridgehead atoms. The summed E-state index contributed by atoms with van der Waals surface area (Å²) in [4.78, 5) is 39.5. The number of hydrogen-bond donors (Lipinski definition) is 2. The minimum absolute atomic E-state index is 0.0525. The molecule has 0 saturated heterocycles. The standard InChI is InChI=1S/C26H21Cl2N3O3/c1-15(2)16-10-12-19(13-11-16)31-25(33)22(28)23(26(31)34)29-18-7-5-6-17(14-18)24(32)30-21-9-4-3-8-20(21)27/h3-15,29H,1-2H3,(H,30,32). The number of anilines is 3. The molecule has 0 atom stereocenters. The molecule has 0 radical (unpaired) electrons. The van der Waals surface area contributed by atoms with Gasteiger partial charge in [-0.15, -0.1) is 0 Å². The fourth-order valence-corrected chi connectivity index (χ4v) is 3.89. The van der Waals surface area contributed by atoms with Crippen molar-refractivity contribution in [2.24, 2.45) is 0 Å². The Hall–Kier alpha value is -3.61. The second-order valence-corrected chi connectivity index (χ2v) is 8.81. The fourth-order valence-electron chi connectivity index (χ4n) is 3.49. The number of halogens is 2. The van der Waals surface area contributed by atoms with Crippen LogP contribution in [0.2, 0.25) is 5.02 Å². The van der Waals surface area contributed by atoms with Gasteiger partial charge in [0.15, 0.2) is 0 Å². The zero-order valence-corrected chi connectivity index (χ0v) is 19.9. The van der Waals surface area contributed by atoms with Gasteiger partial charge in [0, 0.05) is 11.3 Å². The summed E-state index contributed by atoms with van der Waals surface area (Å²) in [5.74, 6) is -1.24. The van der Waals surface area contributed by atoms with Crippen molar-refractivity contribution in [2.75, 3.05) is 15.5 Å². The Kier molecular flexibility index (Phi) is 6.72. The van der Waals surface area contributed by atoms with Crippen molar-refractivity contribution in [3.05, 3.63) is 99.7 Å². The van der Waals surface area contributed by atoms with E-state index in [9.17, 15) is 14.4 Å². The Morgan fingerprint density at radius 1 is 0.882 bits per heavy atom. The van der Waals surface area contributed by atoms with Gasteiger partial charge in [-0.2, -0.15) is 0 Å². The van der Waals surface area contributed by atoms with Crippen molar-refractivity contribution in [3.63, 3.8) is 0 Å². The zero-order chi connectivity index (χ0) is 24.4. The van der Waals surface area contributed by atoms with Gasteiger partial charge in [0.25, 0.3) is 17.7 Å². The van der Waals surface area contributed by atoms with Gasteiger partial charge in [-0.1, -0.05) is 67.4 Å². The zero-order valence-electron chi connectivity index (χ0n) is 18.4. The molecule has 6 nitrogen and oxygen atoms in total. The molecular weight excluding hydrogens is 473 g/mol. The summed E-state index contributed by atoms with van der Waals surface area (Å²) in [5, 5.41) is 5.84. The number of carbonyl (C=O) groups excluding carboxylic acids is 3. The van der Waals surface area contributed by atoms with Crippen molar-refractivity contribution in [2.45, 2.75) is 19.8 Å². The molecule has 0 aromatic heterocycles. The van der Waals surface area contributed by atoms with Crippen LogP contribution in [0.5, 0.6) is 0 Å². The van der Waals surface area contributed by atoms with Crippen molar-refractivity contribution >= 4 is 58.0 Å². The minimum atomic E-state index is -0.612. The number of rotatable bonds is 6. The van der Waals surface area contributed by atoms with E-state index in [2.05, 4.69) is 24.5 Å². The van der Waals surface area contributed by atoms with E-state index in [-0.39, 0.29) is 16.6 Å². The van der Waals surface area contributed by atoms with Crippen LogP contribution in [-0.4, -0.2) is 17.7 Å². The van der Waals surface area contributed by atoms with E-state index < -0.39 is 11.8 Å². The van der Waals surface area contributed by atoms with Gasteiger partial charge >= 0.3 is 0 Å². The lowest BCUT2D eigenvalue weighted by Crippen LogP contribution is -2.32.